The van der Waals surface area contributed by atoms with Crippen LogP contribution >= 0.6 is 0 Å². The number of anilines is 2. The molecule has 6 rings (SSSR count). The summed E-state index contributed by atoms with van der Waals surface area (Å²) in [5.74, 6) is 0.856. The molecule has 0 unspecified atom stereocenters. The van der Waals surface area contributed by atoms with Crippen molar-refractivity contribution < 1.29 is 18.8 Å². The Balaban J connectivity index is 1.25. The molecule has 4 heterocycles. The Hall–Kier alpha value is -5.72. The Morgan fingerprint density at radius 1 is 0.851 bits per heavy atom. The first-order valence-corrected chi connectivity index (χ1v) is 15.5. The summed E-state index contributed by atoms with van der Waals surface area (Å²) in [7, 11) is 0. The highest BCUT2D eigenvalue weighted by atomic mass is 16.3. The first-order chi connectivity index (χ1) is 22.5. The summed E-state index contributed by atoms with van der Waals surface area (Å²) in [4.78, 5) is 47.9. The van der Waals surface area contributed by atoms with Gasteiger partial charge in [-0.25, -0.2) is 9.97 Å². The highest BCUT2D eigenvalue weighted by molar-refractivity contribution is 6.05. The number of hydrogen-bond donors (Lipinski definition) is 3. The van der Waals surface area contributed by atoms with Crippen LogP contribution in [0, 0.1) is 27.7 Å². The van der Waals surface area contributed by atoms with Gasteiger partial charge in [0, 0.05) is 25.2 Å². The average molecular weight is 636 g/mol. The van der Waals surface area contributed by atoms with Crippen molar-refractivity contribution in [1.29, 1.82) is 0 Å². The Morgan fingerprint density at radius 3 is 2.26 bits per heavy atom. The summed E-state index contributed by atoms with van der Waals surface area (Å²) in [6.07, 6.45) is 1.43. The minimum Gasteiger partial charge on any atom is -0.466 e. The van der Waals surface area contributed by atoms with Crippen LogP contribution in [-0.2, 0) is 19.6 Å². The molecule has 2 aromatic carbocycles. The van der Waals surface area contributed by atoms with Crippen molar-refractivity contribution >= 4 is 51.7 Å². The topological polar surface area (TPSA) is 168 Å². The minimum atomic E-state index is -0.557. The molecule has 0 saturated heterocycles. The van der Waals surface area contributed by atoms with Gasteiger partial charge in [-0.2, -0.15) is 5.10 Å². The number of hydrogen-bond acceptors (Lipinski definition) is 7. The fraction of sp³-hybridized carbons (Fsp3) is 0.294. The first kappa shape index (κ1) is 31.3. The smallest absolute Gasteiger partial charge is 0.276 e. The molecule has 0 spiro atoms. The molecule has 0 atom stereocenters. The summed E-state index contributed by atoms with van der Waals surface area (Å²) in [5.41, 5.74) is 11.6. The number of para-hydroxylation sites is 1. The Morgan fingerprint density at radius 2 is 1.55 bits per heavy atom. The highest BCUT2D eigenvalue weighted by Gasteiger charge is 2.21. The maximum atomic E-state index is 13.4. The van der Waals surface area contributed by atoms with Crippen molar-refractivity contribution in [1.82, 2.24) is 28.9 Å². The fourth-order valence-corrected chi connectivity index (χ4v) is 5.98. The molecule has 0 fully saturated rings. The average Bonchev–Trinajstić information content (AvgIpc) is 3.77. The van der Waals surface area contributed by atoms with E-state index < -0.39 is 5.91 Å². The number of aromatic nitrogens is 6. The molecule has 0 radical (unpaired) electrons. The van der Waals surface area contributed by atoms with E-state index in [1.165, 1.54) is 0 Å². The Kier molecular flexibility index (Phi) is 8.37. The van der Waals surface area contributed by atoms with E-state index in [-0.39, 0.29) is 11.8 Å². The molecular weight excluding hydrogens is 598 g/mol. The maximum Gasteiger partial charge on any atom is 0.276 e. The van der Waals surface area contributed by atoms with Crippen LogP contribution in [0.1, 0.15) is 73.7 Å². The number of unbranched alkanes of at least 4 members (excludes halogenated alkanes) is 1. The predicted molar refractivity (Wildman–Crippen MR) is 179 cm³/mol. The second-order valence-corrected chi connectivity index (χ2v) is 11.6. The third-order valence-corrected chi connectivity index (χ3v) is 8.19. The van der Waals surface area contributed by atoms with E-state index in [2.05, 4.69) is 20.7 Å². The van der Waals surface area contributed by atoms with Gasteiger partial charge in [0.05, 0.1) is 33.3 Å². The van der Waals surface area contributed by atoms with Crippen LogP contribution in [-0.4, -0.2) is 46.6 Å². The van der Waals surface area contributed by atoms with Gasteiger partial charge in [-0.3, -0.25) is 29.7 Å². The van der Waals surface area contributed by atoms with Gasteiger partial charge in [-0.05, 0) is 89.4 Å². The van der Waals surface area contributed by atoms with E-state index in [0.29, 0.717) is 71.8 Å². The number of carbonyl (C=O) groups excluding carboxylic acids is 3. The number of amides is 3. The number of nitrogens with zero attached hydrogens (tertiary/aromatic N) is 6. The van der Waals surface area contributed by atoms with Gasteiger partial charge in [-0.1, -0.05) is 12.1 Å². The Bertz CT molecular complexity index is 2160. The van der Waals surface area contributed by atoms with Gasteiger partial charge in [0.25, 0.3) is 11.8 Å². The van der Waals surface area contributed by atoms with Crippen molar-refractivity contribution in [2.24, 2.45) is 5.73 Å². The van der Waals surface area contributed by atoms with Gasteiger partial charge >= 0.3 is 0 Å². The summed E-state index contributed by atoms with van der Waals surface area (Å²) in [5, 5.41) is 10.3. The first-order valence-electron chi connectivity index (χ1n) is 15.5. The number of primary amides is 1. The maximum absolute atomic E-state index is 13.4. The van der Waals surface area contributed by atoms with Crippen molar-refractivity contribution in [3.63, 3.8) is 0 Å². The number of rotatable bonds is 11. The summed E-state index contributed by atoms with van der Waals surface area (Å²) in [6.45, 7) is 11.0. The van der Waals surface area contributed by atoms with Gasteiger partial charge in [-0.15, -0.1) is 0 Å². The number of fused-ring (bicyclic) bond motifs is 2. The molecule has 6 aromatic rings. The summed E-state index contributed by atoms with van der Waals surface area (Å²) >= 11 is 0. The lowest BCUT2D eigenvalue weighted by Gasteiger charge is -2.13. The summed E-state index contributed by atoms with van der Waals surface area (Å²) < 4.78 is 11.2. The lowest BCUT2D eigenvalue weighted by molar-refractivity contribution is 0.0995. The van der Waals surface area contributed by atoms with E-state index in [0.717, 1.165) is 34.2 Å². The van der Waals surface area contributed by atoms with Crippen LogP contribution in [0.15, 0.2) is 52.9 Å². The Labute approximate surface area is 270 Å². The van der Waals surface area contributed by atoms with Crippen molar-refractivity contribution in [3.8, 4) is 0 Å². The molecule has 4 aromatic heterocycles. The van der Waals surface area contributed by atoms with Crippen LogP contribution in [0.4, 0.5) is 11.9 Å². The number of imidazole rings is 2. The number of nitrogens with two attached hydrogens (primary N) is 1. The number of aryl methyl sites for hydroxylation is 7. The third kappa shape index (κ3) is 6.11. The number of carbonyl (C=O) groups is 3. The second kappa shape index (κ2) is 12.6. The molecule has 47 heavy (non-hydrogen) atoms. The molecule has 3 amide bonds. The third-order valence-electron chi connectivity index (χ3n) is 8.19. The molecule has 13 nitrogen and oxygen atoms in total. The second-order valence-electron chi connectivity index (χ2n) is 11.6. The van der Waals surface area contributed by atoms with Crippen molar-refractivity contribution in [3.05, 3.63) is 88.1 Å². The molecule has 0 saturated carbocycles. The van der Waals surface area contributed by atoms with Gasteiger partial charge in [0.15, 0.2) is 0 Å². The van der Waals surface area contributed by atoms with Gasteiger partial charge in [0.2, 0.25) is 17.8 Å². The fourth-order valence-electron chi connectivity index (χ4n) is 5.98. The lowest BCUT2D eigenvalue weighted by Crippen LogP contribution is -2.20. The quantitative estimate of drug-likeness (QED) is 0.158. The molecule has 242 valence electrons. The predicted octanol–water partition coefficient (Wildman–Crippen LogP) is 5.51. The normalized spacial score (nSPS) is 11.4. The zero-order valence-corrected chi connectivity index (χ0v) is 27.0. The van der Waals surface area contributed by atoms with E-state index >= 15 is 0 Å². The van der Waals surface area contributed by atoms with Crippen LogP contribution in [0.5, 0.6) is 0 Å². The molecule has 0 aliphatic heterocycles. The molecule has 0 bridgehead atoms. The number of furan rings is 1. The largest absolute Gasteiger partial charge is 0.466 e. The zero-order chi connectivity index (χ0) is 33.4. The van der Waals surface area contributed by atoms with Crippen molar-refractivity contribution in [2.45, 2.75) is 67.1 Å². The van der Waals surface area contributed by atoms with E-state index in [4.69, 9.17) is 15.1 Å². The molecule has 13 heteroatoms. The van der Waals surface area contributed by atoms with Crippen LogP contribution in [0.3, 0.4) is 0 Å². The lowest BCUT2D eigenvalue weighted by atomic mass is 10.2. The highest BCUT2D eigenvalue weighted by Crippen LogP contribution is 2.26. The van der Waals surface area contributed by atoms with Crippen molar-refractivity contribution in [2.75, 3.05) is 10.6 Å². The van der Waals surface area contributed by atoms with Crippen LogP contribution in [0.25, 0.3) is 22.1 Å². The van der Waals surface area contributed by atoms with Gasteiger partial charge in [0.1, 0.15) is 17.2 Å². The summed E-state index contributed by atoms with van der Waals surface area (Å²) in [6, 6.07) is 14.4. The van der Waals surface area contributed by atoms with E-state index in [9.17, 15) is 14.4 Å². The standard InChI is InChI=1S/C34H37N9O4/c1-6-43-28(16-20(3)40-43)32(46)39-33-37-26-18-23(30(35)44)12-13-27(26)41(33)14-7-8-15-42-29-19(2)10-9-11-25(29)36-34(42)38-31(45)24-17-21(4)47-22(24)5/h9-13,16-18H,6-8,14-15H2,1-5H3,(H2,35,44)(H,36,38,45)(H,37,39,46). The molecular formula is C34H37N9O4. The monoisotopic (exact) mass is 635 g/mol. The van der Waals surface area contributed by atoms with E-state index in [1.807, 2.05) is 48.1 Å². The van der Waals surface area contributed by atoms with E-state index in [1.54, 1.807) is 48.9 Å². The molecule has 4 N–H and O–H groups in total. The zero-order valence-electron chi connectivity index (χ0n) is 27.0. The van der Waals surface area contributed by atoms with Gasteiger partial charge < -0.3 is 19.3 Å². The van der Waals surface area contributed by atoms with Crippen LogP contribution < -0.4 is 16.4 Å². The molecule has 0 aliphatic rings. The number of benzene rings is 2. The van der Waals surface area contributed by atoms with Crippen LogP contribution in [0.2, 0.25) is 0 Å². The minimum absolute atomic E-state index is 0.284. The molecule has 0 aliphatic carbocycles. The number of nitrogens with one attached hydrogen (secondary N) is 2. The SMILES string of the molecule is CCn1nc(C)cc1C(=O)Nc1nc2cc(C(N)=O)ccc2n1CCCCn1c(NC(=O)c2cc(C)oc2C)nc2cccc(C)c21.